The summed E-state index contributed by atoms with van der Waals surface area (Å²) in [6, 6.07) is 9.97. The first-order valence-corrected chi connectivity index (χ1v) is 17.4. The number of halogens is 4. The van der Waals surface area contributed by atoms with E-state index >= 15 is 0 Å². The van der Waals surface area contributed by atoms with Crippen molar-refractivity contribution in [3.05, 3.63) is 70.2 Å². The van der Waals surface area contributed by atoms with Crippen molar-refractivity contribution in [3.8, 4) is 0 Å². The summed E-state index contributed by atoms with van der Waals surface area (Å²) in [6.07, 6.45) is -2.60. The van der Waals surface area contributed by atoms with Crippen LogP contribution in [0.4, 0.5) is 13.2 Å². The van der Waals surface area contributed by atoms with Gasteiger partial charge in [-0.25, -0.2) is 8.42 Å². The molecule has 0 radical (unpaired) electrons. The fourth-order valence-corrected chi connectivity index (χ4v) is 7.19. The molecule has 1 unspecified atom stereocenters. The lowest BCUT2D eigenvalue weighted by molar-refractivity contribution is -0.137. The summed E-state index contributed by atoms with van der Waals surface area (Å²) in [7, 11) is -3.44. The monoisotopic (exact) mass is 662 g/mol. The van der Waals surface area contributed by atoms with Crippen LogP contribution < -0.4 is 10.6 Å². The van der Waals surface area contributed by atoms with Crippen LogP contribution in [0.2, 0.25) is 5.02 Å². The molecule has 0 aromatic heterocycles. The van der Waals surface area contributed by atoms with Crippen LogP contribution in [0, 0.1) is 0 Å². The molecular formula is C28H34ClF3N4O5S2. The Morgan fingerprint density at radius 1 is 1.09 bits per heavy atom. The molecule has 2 aliphatic rings. The lowest BCUT2D eigenvalue weighted by Crippen LogP contribution is -2.57. The van der Waals surface area contributed by atoms with Crippen LogP contribution in [0.25, 0.3) is 0 Å². The summed E-state index contributed by atoms with van der Waals surface area (Å²) in [4.78, 5) is 27.8. The third-order valence-electron chi connectivity index (χ3n) is 7.82. The summed E-state index contributed by atoms with van der Waals surface area (Å²) < 4.78 is 76.9. The quantitative estimate of drug-likeness (QED) is 0.357. The Hall–Kier alpha value is -2.36. The van der Waals surface area contributed by atoms with E-state index in [1.165, 1.54) is 9.21 Å². The van der Waals surface area contributed by atoms with Gasteiger partial charge in [0.05, 0.1) is 11.8 Å². The van der Waals surface area contributed by atoms with Crippen molar-refractivity contribution in [2.24, 2.45) is 0 Å². The summed E-state index contributed by atoms with van der Waals surface area (Å²) in [5.41, 5.74) is -0.0385. The molecule has 15 heteroatoms. The van der Waals surface area contributed by atoms with Gasteiger partial charge in [0.25, 0.3) is 5.91 Å². The maximum Gasteiger partial charge on any atom is 0.416 e. The maximum absolute atomic E-state index is 13.4. The van der Waals surface area contributed by atoms with Gasteiger partial charge in [0.15, 0.2) is 6.04 Å². The van der Waals surface area contributed by atoms with Crippen LogP contribution in [0.15, 0.2) is 48.5 Å². The van der Waals surface area contributed by atoms with Crippen LogP contribution in [-0.4, -0.2) is 96.1 Å². The Morgan fingerprint density at radius 2 is 1.70 bits per heavy atom. The highest BCUT2D eigenvalue weighted by molar-refractivity contribution is 7.91. The summed E-state index contributed by atoms with van der Waals surface area (Å²) in [6.45, 7) is 2.78. The third-order valence-corrected chi connectivity index (χ3v) is 10.7. The number of hydrogen-bond acceptors (Lipinski definition) is 6. The topological polar surface area (TPSA) is 122 Å². The van der Waals surface area contributed by atoms with Gasteiger partial charge in [-0.1, -0.05) is 23.7 Å². The molecule has 1 saturated heterocycles. The number of sulfonamides is 1. The second-order valence-corrected chi connectivity index (χ2v) is 15.1. The Morgan fingerprint density at radius 3 is 2.26 bits per heavy atom. The standard InChI is InChI=1S/C28H34ClF3N4O5S2/c1-27(17-23(27)19-5-9-22(29)10-6-19)33-11-16-42(39)18-24(26(38)35-12-14-36(15-13-35)43(2,40)41)34-25(37)20-3-7-21(8-4-20)28(30,31)32/h3-10,23-24,33H,11-18H2,1-2H3,(H,34,37)/t23-,24-,27+,42?/m0/s1. The summed E-state index contributed by atoms with van der Waals surface area (Å²) in [5, 5.41) is 6.63. The smallest absolute Gasteiger partial charge is 0.416 e. The van der Waals surface area contributed by atoms with E-state index in [1.807, 2.05) is 24.3 Å². The van der Waals surface area contributed by atoms with E-state index in [0.29, 0.717) is 11.6 Å². The Labute approximate surface area is 257 Å². The third kappa shape index (κ3) is 8.85. The van der Waals surface area contributed by atoms with Crippen molar-refractivity contribution in [2.45, 2.75) is 37.0 Å². The molecule has 4 atom stereocenters. The molecule has 2 aromatic rings. The molecule has 236 valence electrons. The molecule has 4 rings (SSSR count). The highest BCUT2D eigenvalue weighted by Crippen LogP contribution is 2.51. The lowest BCUT2D eigenvalue weighted by atomic mass is 10.1. The van der Waals surface area contributed by atoms with Crippen molar-refractivity contribution in [1.29, 1.82) is 0 Å². The normalized spacial score (nSPS) is 22.6. The van der Waals surface area contributed by atoms with Gasteiger partial charge in [0.2, 0.25) is 15.9 Å². The molecule has 9 nitrogen and oxygen atoms in total. The van der Waals surface area contributed by atoms with E-state index in [1.54, 1.807) is 0 Å². The molecule has 43 heavy (non-hydrogen) atoms. The number of carbonyl (C=O) groups is 2. The second-order valence-electron chi connectivity index (χ2n) is 11.1. The minimum Gasteiger partial charge on any atom is -0.616 e. The number of benzene rings is 2. The van der Waals surface area contributed by atoms with Crippen molar-refractivity contribution in [3.63, 3.8) is 0 Å². The van der Waals surface area contributed by atoms with Crippen molar-refractivity contribution >= 4 is 44.6 Å². The minimum absolute atomic E-state index is 0.0739. The van der Waals surface area contributed by atoms with Crippen LogP contribution in [0.1, 0.15) is 40.7 Å². The number of nitrogens with zero attached hydrogens (tertiary/aromatic N) is 2. The largest absolute Gasteiger partial charge is 0.616 e. The zero-order valence-corrected chi connectivity index (χ0v) is 26.1. The number of carbonyl (C=O) groups excluding carboxylic acids is 2. The van der Waals surface area contributed by atoms with Crippen LogP contribution >= 0.6 is 11.6 Å². The Kier molecular flexibility index (Phi) is 10.4. The van der Waals surface area contributed by atoms with Crippen LogP contribution in [0.3, 0.4) is 0 Å². The molecule has 2 aromatic carbocycles. The van der Waals surface area contributed by atoms with E-state index in [0.717, 1.165) is 42.5 Å². The number of amides is 2. The van der Waals surface area contributed by atoms with Gasteiger partial charge in [0.1, 0.15) is 11.5 Å². The number of rotatable bonds is 11. The van der Waals surface area contributed by atoms with Gasteiger partial charge in [-0.3, -0.25) is 9.59 Å². The zero-order valence-electron chi connectivity index (χ0n) is 23.7. The van der Waals surface area contributed by atoms with Crippen molar-refractivity contribution in [1.82, 2.24) is 19.8 Å². The zero-order chi connectivity index (χ0) is 31.6. The van der Waals surface area contributed by atoms with E-state index in [4.69, 9.17) is 11.6 Å². The molecule has 1 aliphatic heterocycles. The number of nitrogens with one attached hydrogen (secondary N) is 2. The molecular weight excluding hydrogens is 629 g/mol. The summed E-state index contributed by atoms with van der Waals surface area (Å²) >= 11 is 4.44. The van der Waals surface area contributed by atoms with Gasteiger partial charge in [-0.15, -0.1) is 0 Å². The lowest BCUT2D eigenvalue weighted by Gasteiger charge is -2.35. The second kappa shape index (κ2) is 13.3. The highest BCUT2D eigenvalue weighted by atomic mass is 35.5. The van der Waals surface area contributed by atoms with Gasteiger partial charge >= 0.3 is 6.18 Å². The fraction of sp³-hybridized carbons (Fsp3) is 0.500. The Bertz CT molecular complexity index is 1400. The fourth-order valence-electron chi connectivity index (χ4n) is 5.15. The predicted octanol–water partition coefficient (Wildman–Crippen LogP) is 2.85. The molecule has 1 saturated carbocycles. The molecule has 2 amide bonds. The minimum atomic E-state index is -4.57. The van der Waals surface area contributed by atoms with Crippen molar-refractivity contribution in [2.75, 3.05) is 50.5 Å². The van der Waals surface area contributed by atoms with Crippen molar-refractivity contribution < 1.29 is 35.7 Å². The van der Waals surface area contributed by atoms with E-state index in [9.17, 15) is 35.7 Å². The molecule has 2 N–H and O–H groups in total. The molecule has 0 bridgehead atoms. The molecule has 2 fully saturated rings. The average molecular weight is 663 g/mol. The SMILES string of the molecule is C[C@@]1(NCC[S+]([O-])C[C@H](NC(=O)c2ccc(C(F)(F)F)cc2)C(=O)N2CCN(S(C)(=O)=O)CC2)C[C@H]1c1ccc(Cl)cc1. The average Bonchev–Trinajstić information content (AvgIpc) is 3.62. The Balaban J connectivity index is 1.38. The first kappa shape index (κ1) is 33.5. The maximum atomic E-state index is 13.4. The van der Waals surface area contributed by atoms with Gasteiger partial charge in [0, 0.05) is 54.8 Å². The molecule has 1 aliphatic carbocycles. The summed E-state index contributed by atoms with van der Waals surface area (Å²) in [5.74, 6) is -1.05. The predicted molar refractivity (Wildman–Crippen MR) is 159 cm³/mol. The number of hydrogen-bond donors (Lipinski definition) is 2. The van der Waals surface area contributed by atoms with Gasteiger partial charge in [-0.05, 0) is 66.5 Å². The molecule has 0 spiro atoms. The first-order valence-electron chi connectivity index (χ1n) is 13.6. The van der Waals surface area contributed by atoms with E-state index < -0.39 is 50.8 Å². The number of alkyl halides is 3. The highest BCUT2D eigenvalue weighted by Gasteiger charge is 2.50. The van der Waals surface area contributed by atoms with Crippen LogP contribution in [-0.2, 0) is 32.2 Å². The number of piperazine rings is 1. The van der Waals surface area contributed by atoms with E-state index in [-0.39, 0.29) is 54.7 Å². The van der Waals surface area contributed by atoms with Gasteiger partial charge in [-0.2, -0.15) is 17.5 Å². The van der Waals surface area contributed by atoms with Gasteiger partial charge < -0.3 is 20.1 Å². The first-order chi connectivity index (χ1) is 20.1. The molecule has 1 heterocycles. The van der Waals surface area contributed by atoms with Crippen LogP contribution in [0.5, 0.6) is 0 Å². The van der Waals surface area contributed by atoms with E-state index in [2.05, 4.69) is 17.6 Å².